The Morgan fingerprint density at radius 1 is 1.44 bits per heavy atom. The number of rotatable bonds is 3. The van der Waals surface area contributed by atoms with Crippen LogP contribution in [0, 0.1) is 0 Å². The van der Waals surface area contributed by atoms with Gasteiger partial charge in [-0.2, -0.15) is 0 Å². The maximum absolute atomic E-state index is 12.6. The van der Waals surface area contributed by atoms with Crippen LogP contribution < -0.4 is 5.32 Å². The van der Waals surface area contributed by atoms with Crippen LogP contribution in [0.4, 0.5) is 0 Å². The maximum atomic E-state index is 12.6. The summed E-state index contributed by atoms with van der Waals surface area (Å²) in [6.07, 6.45) is 0.852. The first-order chi connectivity index (χ1) is 8.63. The normalized spacial score (nSPS) is 25.9. The van der Waals surface area contributed by atoms with Gasteiger partial charge in [0.2, 0.25) is 0 Å². The van der Waals surface area contributed by atoms with E-state index < -0.39 is 10.8 Å². The quantitative estimate of drug-likeness (QED) is 0.932. The third-order valence-electron chi connectivity index (χ3n) is 3.06. The molecule has 0 saturated carbocycles. The zero-order chi connectivity index (χ0) is 13.1. The van der Waals surface area contributed by atoms with E-state index in [9.17, 15) is 4.21 Å². The summed E-state index contributed by atoms with van der Waals surface area (Å²) in [5.74, 6) is 0. The molecule has 0 aliphatic carbocycles. The Morgan fingerprint density at radius 3 is 2.94 bits per heavy atom. The van der Waals surface area contributed by atoms with Gasteiger partial charge in [0.05, 0.1) is 32.6 Å². The molecule has 100 valence electrons. The van der Waals surface area contributed by atoms with Crippen molar-refractivity contribution in [2.24, 2.45) is 0 Å². The van der Waals surface area contributed by atoms with E-state index in [1.807, 2.05) is 7.05 Å². The average molecular weight is 308 g/mol. The molecule has 1 aromatic rings. The third-order valence-corrected chi connectivity index (χ3v) is 5.52. The summed E-state index contributed by atoms with van der Waals surface area (Å²) < 4.78 is 18.0. The van der Waals surface area contributed by atoms with Crippen LogP contribution in [0.3, 0.4) is 0 Å². The van der Waals surface area contributed by atoms with Crippen LogP contribution in [0.15, 0.2) is 23.1 Å². The number of hydrogen-bond donors (Lipinski definition) is 1. The van der Waals surface area contributed by atoms with Crippen molar-refractivity contribution in [3.8, 4) is 0 Å². The van der Waals surface area contributed by atoms with Crippen LogP contribution >= 0.6 is 23.2 Å². The molecule has 0 amide bonds. The first-order valence-corrected chi connectivity index (χ1v) is 7.71. The Morgan fingerprint density at radius 2 is 2.22 bits per heavy atom. The van der Waals surface area contributed by atoms with E-state index >= 15 is 0 Å². The predicted octanol–water partition coefficient (Wildman–Crippen LogP) is 2.48. The average Bonchev–Trinajstić information content (AvgIpc) is 2.40. The molecule has 18 heavy (non-hydrogen) atoms. The topological polar surface area (TPSA) is 38.3 Å². The largest absolute Gasteiger partial charge is 0.380 e. The molecule has 0 bridgehead atoms. The predicted molar refractivity (Wildman–Crippen MR) is 74.9 cm³/mol. The van der Waals surface area contributed by atoms with Gasteiger partial charge >= 0.3 is 0 Å². The molecule has 1 N–H and O–H groups in total. The van der Waals surface area contributed by atoms with E-state index in [1.54, 1.807) is 18.2 Å². The number of hydrogen-bond acceptors (Lipinski definition) is 3. The highest BCUT2D eigenvalue weighted by molar-refractivity contribution is 7.86. The first kappa shape index (κ1) is 14.3. The Hall–Kier alpha value is -0.130. The van der Waals surface area contributed by atoms with Crippen molar-refractivity contribution in [3.63, 3.8) is 0 Å². The summed E-state index contributed by atoms with van der Waals surface area (Å²) in [6.45, 7) is 1.17. The Kier molecular flexibility index (Phi) is 5.04. The lowest BCUT2D eigenvalue weighted by Crippen LogP contribution is -2.47. The molecule has 0 spiro atoms. The number of nitrogens with one attached hydrogen (secondary N) is 1. The molecule has 0 radical (unpaired) electrons. The fraction of sp³-hybridized carbons (Fsp3) is 0.500. The third kappa shape index (κ3) is 3.06. The van der Waals surface area contributed by atoms with Crippen molar-refractivity contribution in [1.29, 1.82) is 0 Å². The summed E-state index contributed by atoms with van der Waals surface area (Å²) >= 11 is 12.0. The summed E-state index contributed by atoms with van der Waals surface area (Å²) in [4.78, 5) is 0.583. The molecule has 1 heterocycles. The van der Waals surface area contributed by atoms with Crippen molar-refractivity contribution in [2.45, 2.75) is 22.6 Å². The van der Waals surface area contributed by atoms with Gasteiger partial charge in [-0.05, 0) is 31.7 Å². The number of halogens is 2. The SMILES string of the molecule is CNC1CCOCC1S(=O)c1cc(Cl)ccc1Cl. The van der Waals surface area contributed by atoms with Gasteiger partial charge in [0.25, 0.3) is 0 Å². The van der Waals surface area contributed by atoms with Crippen molar-refractivity contribution < 1.29 is 8.95 Å². The lowest BCUT2D eigenvalue weighted by molar-refractivity contribution is 0.0838. The van der Waals surface area contributed by atoms with Gasteiger partial charge < -0.3 is 10.1 Å². The minimum atomic E-state index is -1.23. The maximum Gasteiger partial charge on any atom is 0.0782 e. The van der Waals surface area contributed by atoms with Gasteiger partial charge in [-0.1, -0.05) is 23.2 Å². The van der Waals surface area contributed by atoms with Crippen molar-refractivity contribution in [3.05, 3.63) is 28.2 Å². The summed E-state index contributed by atoms with van der Waals surface area (Å²) in [5, 5.41) is 4.12. The second-order valence-corrected chi connectivity index (χ2v) is 6.65. The summed E-state index contributed by atoms with van der Waals surface area (Å²) in [5.41, 5.74) is 0. The lowest BCUT2D eigenvalue weighted by atomic mass is 10.1. The molecule has 1 saturated heterocycles. The molecular weight excluding hydrogens is 293 g/mol. The van der Waals surface area contributed by atoms with E-state index in [4.69, 9.17) is 27.9 Å². The van der Waals surface area contributed by atoms with Crippen LogP contribution in [0.2, 0.25) is 10.0 Å². The molecule has 0 aromatic heterocycles. The van der Waals surface area contributed by atoms with E-state index in [0.717, 1.165) is 6.42 Å². The van der Waals surface area contributed by atoms with E-state index in [0.29, 0.717) is 28.2 Å². The van der Waals surface area contributed by atoms with Crippen molar-refractivity contribution >= 4 is 34.0 Å². The van der Waals surface area contributed by atoms with Crippen LogP contribution in [-0.2, 0) is 15.5 Å². The van der Waals surface area contributed by atoms with Gasteiger partial charge in [-0.3, -0.25) is 4.21 Å². The van der Waals surface area contributed by atoms with E-state index in [1.165, 1.54) is 0 Å². The number of ether oxygens (including phenoxy) is 1. The molecule has 6 heteroatoms. The highest BCUT2D eigenvalue weighted by atomic mass is 35.5. The lowest BCUT2D eigenvalue weighted by Gasteiger charge is -2.30. The minimum Gasteiger partial charge on any atom is -0.380 e. The molecule has 3 nitrogen and oxygen atoms in total. The van der Waals surface area contributed by atoms with Crippen LogP contribution in [0.5, 0.6) is 0 Å². The Balaban J connectivity index is 2.26. The fourth-order valence-corrected chi connectivity index (χ4v) is 4.25. The van der Waals surface area contributed by atoms with Gasteiger partial charge in [-0.15, -0.1) is 0 Å². The van der Waals surface area contributed by atoms with Crippen molar-refractivity contribution in [1.82, 2.24) is 5.32 Å². The summed E-state index contributed by atoms with van der Waals surface area (Å²) in [7, 11) is 0.649. The highest BCUT2D eigenvalue weighted by Gasteiger charge is 2.31. The molecule has 1 aliphatic heterocycles. The molecular formula is C12H15Cl2NO2S. The molecule has 1 aromatic carbocycles. The molecule has 3 unspecified atom stereocenters. The zero-order valence-electron chi connectivity index (χ0n) is 9.99. The van der Waals surface area contributed by atoms with Crippen molar-refractivity contribution in [2.75, 3.05) is 20.3 Å². The second kappa shape index (κ2) is 6.35. The van der Waals surface area contributed by atoms with E-state index in [-0.39, 0.29) is 11.3 Å². The molecule has 2 rings (SSSR count). The van der Waals surface area contributed by atoms with Gasteiger partial charge in [0.1, 0.15) is 0 Å². The van der Waals surface area contributed by atoms with Gasteiger partial charge in [-0.25, -0.2) is 0 Å². The standard InChI is InChI=1S/C12H15Cl2NO2S/c1-15-10-4-5-17-7-12(10)18(16)11-6-8(13)2-3-9(11)14/h2-3,6,10,12,15H,4-5,7H2,1H3. The summed E-state index contributed by atoms with van der Waals surface area (Å²) in [6, 6.07) is 5.21. The van der Waals surface area contributed by atoms with E-state index in [2.05, 4.69) is 5.32 Å². The highest BCUT2D eigenvalue weighted by Crippen LogP contribution is 2.28. The van der Waals surface area contributed by atoms with Crippen LogP contribution in [0.25, 0.3) is 0 Å². The first-order valence-electron chi connectivity index (χ1n) is 5.74. The molecule has 1 fully saturated rings. The zero-order valence-corrected chi connectivity index (χ0v) is 12.3. The van der Waals surface area contributed by atoms with Crippen LogP contribution in [-0.4, -0.2) is 35.8 Å². The fourth-order valence-electron chi connectivity index (χ4n) is 2.05. The minimum absolute atomic E-state index is 0.0975. The Bertz CT molecular complexity index is 456. The Labute approximate surface area is 119 Å². The van der Waals surface area contributed by atoms with Crippen LogP contribution in [0.1, 0.15) is 6.42 Å². The number of benzene rings is 1. The molecule has 3 atom stereocenters. The second-order valence-electron chi connectivity index (χ2n) is 4.17. The molecule has 1 aliphatic rings. The monoisotopic (exact) mass is 307 g/mol. The van der Waals surface area contributed by atoms with Gasteiger partial charge in [0.15, 0.2) is 0 Å². The smallest absolute Gasteiger partial charge is 0.0782 e. The van der Waals surface area contributed by atoms with Gasteiger partial charge in [0, 0.05) is 17.7 Å².